The molecule has 0 fully saturated rings. The molecular weight excluding hydrogens is 201 g/mol. The molecule has 0 aliphatic rings. The minimum absolute atomic E-state index is 0. The van der Waals surface area contributed by atoms with Crippen molar-refractivity contribution in [2.75, 3.05) is 11.8 Å². The van der Waals surface area contributed by atoms with E-state index in [4.69, 9.17) is 23.2 Å². The Morgan fingerprint density at radius 3 is 1.20 bits per heavy atom. The summed E-state index contributed by atoms with van der Waals surface area (Å²) in [5, 5.41) is 0. The van der Waals surface area contributed by atoms with Crippen LogP contribution in [0.4, 0.5) is 0 Å². The predicted molar refractivity (Wildman–Crippen MR) is 21.4 cm³/mol. The first-order valence-corrected chi connectivity index (χ1v) is 2.10. The zero-order valence-corrected chi connectivity index (χ0v) is 5.55. The van der Waals surface area contributed by atoms with Gasteiger partial charge in [0, 0.05) is 32.2 Å². The van der Waals surface area contributed by atoms with E-state index in [-0.39, 0.29) is 20.4 Å². The van der Waals surface area contributed by atoms with Crippen molar-refractivity contribution >= 4 is 23.2 Å². The van der Waals surface area contributed by atoms with Gasteiger partial charge in [-0.05, 0) is 0 Å². The maximum absolute atomic E-state index is 5.05. The van der Waals surface area contributed by atoms with E-state index >= 15 is 0 Å². The first-order valence-electron chi connectivity index (χ1n) is 1.03. The molecule has 0 nitrogen and oxygen atoms in total. The smallest absolute Gasteiger partial charge is 0.0359 e. The van der Waals surface area contributed by atoms with Gasteiger partial charge in [-0.15, -0.1) is 23.2 Å². The Balaban J connectivity index is 0. The summed E-state index contributed by atoms with van der Waals surface area (Å²) in [5.74, 6) is 1.11. The van der Waals surface area contributed by atoms with E-state index in [1.807, 2.05) is 0 Å². The zero-order chi connectivity index (χ0) is 3.41. The summed E-state index contributed by atoms with van der Waals surface area (Å²) in [6.45, 7) is 0. The van der Waals surface area contributed by atoms with Gasteiger partial charge in [0.15, 0.2) is 0 Å². The second-order valence-corrected chi connectivity index (χ2v) is 1.13. The first kappa shape index (κ1) is 9.53. The van der Waals surface area contributed by atoms with Gasteiger partial charge in [-0.2, -0.15) is 0 Å². The monoisotopic (exact) mass is 204 g/mol. The summed E-state index contributed by atoms with van der Waals surface area (Å²) >= 11 is 10.1. The van der Waals surface area contributed by atoms with Gasteiger partial charge in [0.2, 0.25) is 0 Å². The normalized spacial score (nSPS) is 6.00. The number of halogens is 2. The minimum atomic E-state index is 0. The maximum Gasteiger partial charge on any atom is 0.0359 e. The van der Waals surface area contributed by atoms with Gasteiger partial charge in [0.1, 0.15) is 0 Å². The Labute approximate surface area is 55.5 Å². The van der Waals surface area contributed by atoms with E-state index < -0.39 is 0 Å². The fourth-order valence-corrected chi connectivity index (χ4v) is 0. The van der Waals surface area contributed by atoms with Gasteiger partial charge in [-0.3, -0.25) is 0 Å². The molecule has 0 aromatic rings. The Morgan fingerprint density at radius 2 is 1.20 bits per heavy atom. The van der Waals surface area contributed by atoms with Gasteiger partial charge in [0.25, 0.3) is 0 Å². The Hall–Kier alpha value is 1.24. The third kappa shape index (κ3) is 11.0. The van der Waals surface area contributed by atoms with E-state index in [0.717, 1.165) is 0 Å². The first-order chi connectivity index (χ1) is 1.91. The quantitative estimate of drug-likeness (QED) is 0.449. The van der Waals surface area contributed by atoms with Gasteiger partial charge in [-0.1, -0.05) is 0 Å². The molecule has 0 aliphatic heterocycles. The molecule has 0 bridgehead atoms. The average Bonchev–Trinajstić information content (AvgIpc) is 1.37. The molecule has 0 aliphatic carbocycles. The SMILES string of the molecule is ClCCCl.[Pd]. The summed E-state index contributed by atoms with van der Waals surface area (Å²) in [6.07, 6.45) is 0. The second-order valence-electron chi connectivity index (χ2n) is 0.378. The summed E-state index contributed by atoms with van der Waals surface area (Å²) in [7, 11) is 0. The number of rotatable bonds is 1. The van der Waals surface area contributed by atoms with Crippen LogP contribution in [0.5, 0.6) is 0 Å². The van der Waals surface area contributed by atoms with Crippen molar-refractivity contribution < 1.29 is 20.4 Å². The van der Waals surface area contributed by atoms with Crippen LogP contribution in [0, 0.1) is 0 Å². The maximum atomic E-state index is 5.05. The molecule has 3 heteroatoms. The minimum Gasteiger partial charge on any atom is -0.125 e. The molecule has 0 N–H and O–H groups in total. The van der Waals surface area contributed by atoms with Crippen molar-refractivity contribution in [1.82, 2.24) is 0 Å². The van der Waals surface area contributed by atoms with E-state index in [9.17, 15) is 0 Å². The Bertz CT molecular complexity index is 9.61. The second kappa shape index (κ2) is 8.97. The molecule has 0 heterocycles. The van der Waals surface area contributed by atoms with Crippen LogP contribution < -0.4 is 0 Å². The molecule has 0 aromatic heterocycles. The predicted octanol–water partition coefficient (Wildman–Crippen LogP) is 1.46. The van der Waals surface area contributed by atoms with Crippen molar-refractivity contribution in [3.63, 3.8) is 0 Å². The Kier molecular flexibility index (Phi) is 17.1. The topological polar surface area (TPSA) is 0 Å². The van der Waals surface area contributed by atoms with Gasteiger partial charge in [0.05, 0.1) is 0 Å². The molecular formula is C2H4Cl2Pd. The molecule has 0 spiro atoms. The molecule has 0 saturated heterocycles. The van der Waals surface area contributed by atoms with Crippen molar-refractivity contribution in [3.8, 4) is 0 Å². The summed E-state index contributed by atoms with van der Waals surface area (Å²) in [6, 6.07) is 0. The molecule has 0 amide bonds. The van der Waals surface area contributed by atoms with E-state index in [2.05, 4.69) is 0 Å². The largest absolute Gasteiger partial charge is 0.125 e. The molecule has 0 rings (SSSR count). The van der Waals surface area contributed by atoms with E-state index in [1.165, 1.54) is 0 Å². The van der Waals surface area contributed by atoms with Crippen molar-refractivity contribution in [2.45, 2.75) is 0 Å². The molecule has 0 atom stereocenters. The molecule has 0 unspecified atom stereocenters. The number of alkyl halides is 2. The van der Waals surface area contributed by atoms with Crippen LogP contribution in [0.25, 0.3) is 0 Å². The number of hydrogen-bond acceptors (Lipinski definition) is 0. The van der Waals surface area contributed by atoms with Crippen LogP contribution in [0.3, 0.4) is 0 Å². The van der Waals surface area contributed by atoms with Crippen LogP contribution in [-0.2, 0) is 20.4 Å². The molecule has 0 saturated carbocycles. The third-order valence-electron chi connectivity index (χ3n) is 0.0714. The van der Waals surface area contributed by atoms with Gasteiger partial charge < -0.3 is 0 Å². The van der Waals surface area contributed by atoms with Crippen LogP contribution in [-0.4, -0.2) is 11.8 Å². The molecule has 0 radical (unpaired) electrons. The fraction of sp³-hybridized carbons (Fsp3) is 1.00. The van der Waals surface area contributed by atoms with Gasteiger partial charge >= 0.3 is 0 Å². The fourth-order valence-electron chi connectivity index (χ4n) is 0. The van der Waals surface area contributed by atoms with Gasteiger partial charge in [-0.25, -0.2) is 0 Å². The van der Waals surface area contributed by atoms with Crippen LogP contribution in [0.1, 0.15) is 0 Å². The molecule has 0 aromatic carbocycles. The number of hydrogen-bond donors (Lipinski definition) is 0. The van der Waals surface area contributed by atoms with Crippen molar-refractivity contribution in [3.05, 3.63) is 0 Å². The summed E-state index contributed by atoms with van der Waals surface area (Å²) < 4.78 is 0. The van der Waals surface area contributed by atoms with Crippen LogP contribution in [0.2, 0.25) is 0 Å². The van der Waals surface area contributed by atoms with Crippen molar-refractivity contribution in [1.29, 1.82) is 0 Å². The molecule has 5 heavy (non-hydrogen) atoms. The Morgan fingerprint density at radius 1 is 1.00 bits per heavy atom. The van der Waals surface area contributed by atoms with Crippen molar-refractivity contribution in [2.24, 2.45) is 0 Å². The van der Waals surface area contributed by atoms with Crippen LogP contribution >= 0.6 is 23.2 Å². The van der Waals surface area contributed by atoms with E-state index in [1.54, 1.807) is 0 Å². The standard InChI is InChI=1S/C2H4Cl2.Pd/c3-1-2-4;/h1-2H2;. The average molecular weight is 205 g/mol. The van der Waals surface area contributed by atoms with E-state index in [0.29, 0.717) is 11.8 Å². The summed E-state index contributed by atoms with van der Waals surface area (Å²) in [4.78, 5) is 0. The van der Waals surface area contributed by atoms with Crippen LogP contribution in [0.15, 0.2) is 0 Å². The zero-order valence-electron chi connectivity index (χ0n) is 2.49. The summed E-state index contributed by atoms with van der Waals surface area (Å²) in [5.41, 5.74) is 0. The third-order valence-corrected chi connectivity index (χ3v) is 0.643. The molecule has 36 valence electrons.